The molecule has 0 spiro atoms. The van der Waals surface area contributed by atoms with E-state index in [1.807, 2.05) is 0 Å². The minimum Gasteiger partial charge on any atom is -0.466 e. The third-order valence-corrected chi connectivity index (χ3v) is 15.5. The molecule has 0 rings (SSSR count). The lowest BCUT2D eigenvalue weighted by atomic mass is 10.0. The van der Waals surface area contributed by atoms with E-state index in [0.29, 0.717) is 13.0 Å². The van der Waals surface area contributed by atoms with Crippen molar-refractivity contribution in [2.45, 2.75) is 406 Å². The van der Waals surface area contributed by atoms with E-state index < -0.39 is 0 Å². The maximum Gasteiger partial charge on any atom is 0.305 e. The second-order valence-electron chi connectivity index (χ2n) is 22.5. The maximum atomic E-state index is 12.1. The summed E-state index contributed by atoms with van der Waals surface area (Å²) in [6.45, 7) is 5.25. The molecule has 0 radical (unpaired) electrons. The van der Waals surface area contributed by atoms with Crippen LogP contribution in [0.3, 0.4) is 0 Å². The van der Waals surface area contributed by atoms with Crippen LogP contribution in [-0.2, 0) is 9.53 Å². The molecule has 0 saturated heterocycles. The van der Waals surface area contributed by atoms with Crippen LogP contribution in [0.5, 0.6) is 0 Å². The number of esters is 1. The standard InChI is InChI=1S/C65H130O2/c1-3-5-7-9-11-13-15-17-19-21-23-25-27-29-31-32-33-34-35-36-37-39-41-43-45-47-49-51-53-55-57-59-61-63-65(66)67-64-62-60-58-56-54-52-50-48-46-44-42-40-38-30-28-26-24-22-20-18-16-14-12-10-8-6-4-2/h3-64H2,1-2H3. The summed E-state index contributed by atoms with van der Waals surface area (Å²) in [5.74, 6) is 0.0375. The zero-order valence-corrected chi connectivity index (χ0v) is 47.2. The van der Waals surface area contributed by atoms with E-state index >= 15 is 0 Å². The monoisotopic (exact) mass is 943 g/mol. The van der Waals surface area contributed by atoms with Gasteiger partial charge in [-0.3, -0.25) is 4.79 Å². The third-order valence-electron chi connectivity index (χ3n) is 15.5. The van der Waals surface area contributed by atoms with Gasteiger partial charge in [0.15, 0.2) is 0 Å². The fraction of sp³-hybridized carbons (Fsp3) is 0.985. The predicted octanol–water partition coefficient (Wildman–Crippen LogP) is 24.4. The molecule has 0 heterocycles. The summed E-state index contributed by atoms with van der Waals surface area (Å²) in [5, 5.41) is 0. The largest absolute Gasteiger partial charge is 0.466 e. The van der Waals surface area contributed by atoms with Gasteiger partial charge in [-0.2, -0.15) is 0 Å². The van der Waals surface area contributed by atoms with Crippen molar-refractivity contribution in [3.05, 3.63) is 0 Å². The van der Waals surface area contributed by atoms with Gasteiger partial charge in [-0.15, -0.1) is 0 Å². The highest BCUT2D eigenvalue weighted by atomic mass is 16.5. The lowest BCUT2D eigenvalue weighted by Gasteiger charge is -2.06. The molecular weight excluding hydrogens is 813 g/mol. The summed E-state index contributed by atoms with van der Waals surface area (Å²) < 4.78 is 5.53. The van der Waals surface area contributed by atoms with Gasteiger partial charge < -0.3 is 4.74 Å². The Bertz CT molecular complexity index is 852. The van der Waals surface area contributed by atoms with Crippen molar-refractivity contribution in [2.24, 2.45) is 0 Å². The van der Waals surface area contributed by atoms with Crippen molar-refractivity contribution in [3.8, 4) is 0 Å². The molecule has 402 valence electrons. The molecular formula is C65H130O2. The maximum absolute atomic E-state index is 12.1. The Morgan fingerprint density at radius 3 is 0.493 bits per heavy atom. The fourth-order valence-corrected chi connectivity index (χ4v) is 10.7. The average Bonchev–Trinajstić information content (AvgIpc) is 3.33. The molecule has 0 atom stereocenters. The summed E-state index contributed by atoms with van der Waals surface area (Å²) in [6.07, 6.45) is 86.2. The molecule has 67 heavy (non-hydrogen) atoms. The van der Waals surface area contributed by atoms with Crippen molar-refractivity contribution in [3.63, 3.8) is 0 Å². The number of unbranched alkanes of at least 4 members (excludes halogenated alkanes) is 58. The molecule has 0 aliphatic rings. The van der Waals surface area contributed by atoms with Gasteiger partial charge in [0.25, 0.3) is 0 Å². The van der Waals surface area contributed by atoms with Gasteiger partial charge in [0.1, 0.15) is 0 Å². The van der Waals surface area contributed by atoms with Gasteiger partial charge >= 0.3 is 5.97 Å². The van der Waals surface area contributed by atoms with Crippen LogP contribution in [0.4, 0.5) is 0 Å². The Morgan fingerprint density at radius 2 is 0.328 bits per heavy atom. The van der Waals surface area contributed by atoms with E-state index in [0.717, 1.165) is 12.8 Å². The van der Waals surface area contributed by atoms with E-state index in [-0.39, 0.29) is 5.97 Å². The van der Waals surface area contributed by atoms with Crippen LogP contribution in [0.1, 0.15) is 406 Å². The molecule has 0 N–H and O–H groups in total. The Labute approximate surface area is 425 Å². The number of hydrogen-bond acceptors (Lipinski definition) is 2. The minimum atomic E-state index is 0.0375. The first-order valence-electron chi connectivity index (χ1n) is 32.5. The lowest BCUT2D eigenvalue weighted by Crippen LogP contribution is -2.05. The van der Waals surface area contributed by atoms with E-state index in [4.69, 9.17) is 4.74 Å². The van der Waals surface area contributed by atoms with Gasteiger partial charge in [-0.25, -0.2) is 0 Å². The molecule has 2 nitrogen and oxygen atoms in total. The van der Waals surface area contributed by atoms with Crippen LogP contribution in [0.15, 0.2) is 0 Å². The summed E-state index contributed by atoms with van der Waals surface area (Å²) in [7, 11) is 0. The average molecular weight is 944 g/mol. The van der Waals surface area contributed by atoms with E-state index in [2.05, 4.69) is 13.8 Å². The van der Waals surface area contributed by atoms with Crippen LogP contribution >= 0.6 is 0 Å². The predicted molar refractivity (Wildman–Crippen MR) is 304 cm³/mol. The molecule has 0 saturated carbocycles. The highest BCUT2D eigenvalue weighted by Gasteiger charge is 2.04. The minimum absolute atomic E-state index is 0.0375. The molecule has 0 aliphatic carbocycles. The first-order chi connectivity index (χ1) is 33.3. The molecule has 0 aromatic heterocycles. The van der Waals surface area contributed by atoms with Crippen molar-refractivity contribution in [2.75, 3.05) is 6.61 Å². The first-order valence-corrected chi connectivity index (χ1v) is 32.5. The summed E-state index contributed by atoms with van der Waals surface area (Å²) >= 11 is 0. The van der Waals surface area contributed by atoms with Crippen molar-refractivity contribution in [1.82, 2.24) is 0 Å². The van der Waals surface area contributed by atoms with Crippen LogP contribution in [0.2, 0.25) is 0 Å². The highest BCUT2D eigenvalue weighted by molar-refractivity contribution is 5.69. The normalized spacial score (nSPS) is 11.6. The summed E-state index contributed by atoms with van der Waals surface area (Å²) in [4.78, 5) is 12.1. The van der Waals surface area contributed by atoms with E-state index in [1.165, 1.54) is 372 Å². The number of carbonyl (C=O) groups excluding carboxylic acids is 1. The summed E-state index contributed by atoms with van der Waals surface area (Å²) in [5.41, 5.74) is 0. The summed E-state index contributed by atoms with van der Waals surface area (Å²) in [6, 6.07) is 0. The third kappa shape index (κ3) is 63.5. The quantitative estimate of drug-likeness (QED) is 0.0449. The molecule has 0 aromatic carbocycles. The fourth-order valence-electron chi connectivity index (χ4n) is 10.7. The second-order valence-corrected chi connectivity index (χ2v) is 22.5. The van der Waals surface area contributed by atoms with Gasteiger partial charge in [-0.1, -0.05) is 386 Å². The zero-order valence-electron chi connectivity index (χ0n) is 47.2. The Morgan fingerprint density at radius 1 is 0.194 bits per heavy atom. The number of ether oxygens (including phenoxy) is 1. The molecule has 0 amide bonds. The molecule has 2 heteroatoms. The second kappa shape index (κ2) is 63.5. The molecule has 0 aromatic rings. The molecule has 0 unspecified atom stereocenters. The molecule has 0 aliphatic heterocycles. The van der Waals surface area contributed by atoms with Crippen molar-refractivity contribution >= 4 is 5.97 Å². The van der Waals surface area contributed by atoms with Crippen molar-refractivity contribution < 1.29 is 9.53 Å². The first kappa shape index (κ1) is 66.5. The van der Waals surface area contributed by atoms with Gasteiger partial charge in [0.2, 0.25) is 0 Å². The topological polar surface area (TPSA) is 26.3 Å². The van der Waals surface area contributed by atoms with Crippen LogP contribution in [0.25, 0.3) is 0 Å². The Kier molecular flexibility index (Phi) is 63.0. The van der Waals surface area contributed by atoms with Crippen molar-refractivity contribution in [1.29, 1.82) is 0 Å². The SMILES string of the molecule is CCCCCCCCCCCCCCCCCCCCCCCCCCCCCCCCCCCC(=O)OCCCCCCCCCCCCCCCCCCCCCCCCCCCCC. The smallest absolute Gasteiger partial charge is 0.305 e. The Balaban J connectivity index is 3.14. The van der Waals surface area contributed by atoms with E-state index in [9.17, 15) is 4.79 Å². The number of hydrogen-bond donors (Lipinski definition) is 0. The number of rotatable bonds is 62. The molecule has 0 bridgehead atoms. The van der Waals surface area contributed by atoms with Gasteiger partial charge in [0, 0.05) is 6.42 Å². The van der Waals surface area contributed by atoms with Gasteiger partial charge in [-0.05, 0) is 12.8 Å². The highest BCUT2D eigenvalue weighted by Crippen LogP contribution is 2.19. The molecule has 0 fully saturated rings. The van der Waals surface area contributed by atoms with Crippen LogP contribution < -0.4 is 0 Å². The van der Waals surface area contributed by atoms with E-state index in [1.54, 1.807) is 0 Å². The lowest BCUT2D eigenvalue weighted by molar-refractivity contribution is -0.143. The van der Waals surface area contributed by atoms with Crippen LogP contribution in [0, 0.1) is 0 Å². The Hall–Kier alpha value is -0.530. The van der Waals surface area contributed by atoms with Gasteiger partial charge in [0.05, 0.1) is 6.61 Å². The number of carbonyl (C=O) groups is 1. The zero-order chi connectivity index (χ0) is 48.1. The van der Waals surface area contributed by atoms with Crippen LogP contribution in [-0.4, -0.2) is 12.6 Å².